The number of fused-ring (bicyclic) bond motifs is 3. The Labute approximate surface area is 324 Å². The van der Waals surface area contributed by atoms with Crippen LogP contribution in [0, 0.1) is 28.1 Å². The van der Waals surface area contributed by atoms with Crippen LogP contribution in [0.25, 0.3) is 0 Å². The summed E-state index contributed by atoms with van der Waals surface area (Å²) in [6, 6.07) is 0. The van der Waals surface area contributed by atoms with Crippen LogP contribution < -0.4 is 0 Å². The summed E-state index contributed by atoms with van der Waals surface area (Å²) in [6.07, 6.45) is -17.8. The fraction of sp³-hybridized carbons (Fsp3) is 0.921. The standard InChI is InChI=1S/C38H60O18/c1-16-11-37-9-5-20-35(2,7-4-8-36(20,3)34(50)55-32-29(49)26(46)23(43)18(13-40)52-32)21(37)6-10-38(16,15-37)56-33-30(27(47)24(44)19(14-41)53-33)54-31-28(48)25(45)22(42)17(12-39)51-31/h17-33,39-49H,1,4-15H2,2-3H3/t17-,18-,19-,20+,21-,22-,23-,24-,25+,26+,27+,28-,29-,30-,31+,32+,33+,35+,36+,37-,38+/m1/s1. The van der Waals surface area contributed by atoms with Gasteiger partial charge < -0.3 is 84.6 Å². The van der Waals surface area contributed by atoms with Crippen molar-refractivity contribution in [1.29, 1.82) is 0 Å². The Hall–Kier alpha value is -1.43. The van der Waals surface area contributed by atoms with E-state index in [1.54, 1.807) is 0 Å². The van der Waals surface area contributed by atoms with Crippen LogP contribution in [0.1, 0.15) is 71.6 Å². The van der Waals surface area contributed by atoms with Crippen molar-refractivity contribution < 1.29 is 89.4 Å². The zero-order valence-electron chi connectivity index (χ0n) is 31.8. The fourth-order valence-corrected chi connectivity index (χ4v) is 12.0. The first-order valence-corrected chi connectivity index (χ1v) is 19.9. The zero-order chi connectivity index (χ0) is 40.7. The maximum Gasteiger partial charge on any atom is 0.314 e. The monoisotopic (exact) mass is 804 g/mol. The molecule has 0 amide bonds. The first-order valence-electron chi connectivity index (χ1n) is 19.9. The zero-order valence-corrected chi connectivity index (χ0v) is 31.8. The minimum Gasteiger partial charge on any atom is -0.432 e. The average molecular weight is 805 g/mol. The van der Waals surface area contributed by atoms with Crippen LogP contribution in [0.3, 0.4) is 0 Å². The first-order chi connectivity index (χ1) is 26.4. The number of hydrogen-bond acceptors (Lipinski definition) is 18. The second-order valence-electron chi connectivity index (χ2n) is 18.0. The summed E-state index contributed by atoms with van der Waals surface area (Å²) in [4.78, 5) is 14.1. The summed E-state index contributed by atoms with van der Waals surface area (Å²) in [7, 11) is 0. The van der Waals surface area contributed by atoms with Crippen LogP contribution in [-0.4, -0.2) is 180 Å². The van der Waals surface area contributed by atoms with E-state index in [4.69, 9.17) is 28.4 Å². The Bertz CT molecular complexity index is 1450. The van der Waals surface area contributed by atoms with Crippen LogP contribution in [0.15, 0.2) is 12.2 Å². The molecule has 3 saturated heterocycles. The van der Waals surface area contributed by atoms with Gasteiger partial charge >= 0.3 is 5.97 Å². The van der Waals surface area contributed by atoms with Crippen LogP contribution in [0.5, 0.6) is 0 Å². The molecule has 21 atom stereocenters. The minimum absolute atomic E-state index is 0.121. The van der Waals surface area contributed by atoms with Crippen molar-refractivity contribution in [3.8, 4) is 0 Å². The molecule has 0 radical (unpaired) electrons. The molecule has 4 saturated carbocycles. The Morgan fingerprint density at radius 1 is 0.679 bits per heavy atom. The van der Waals surface area contributed by atoms with Gasteiger partial charge in [-0.1, -0.05) is 19.9 Å². The lowest BCUT2D eigenvalue weighted by molar-refractivity contribution is -0.378. The van der Waals surface area contributed by atoms with Gasteiger partial charge in [0.2, 0.25) is 6.29 Å². The number of hydrogen-bond donors (Lipinski definition) is 11. The lowest BCUT2D eigenvalue weighted by Gasteiger charge is -2.64. The summed E-state index contributed by atoms with van der Waals surface area (Å²) in [6.45, 7) is 6.52. The van der Waals surface area contributed by atoms with Gasteiger partial charge in [0.05, 0.1) is 30.8 Å². The van der Waals surface area contributed by atoms with Gasteiger partial charge in [-0.25, -0.2) is 0 Å². The summed E-state index contributed by atoms with van der Waals surface area (Å²) in [5, 5.41) is 114. The van der Waals surface area contributed by atoms with E-state index in [-0.39, 0.29) is 22.7 Å². The maximum absolute atomic E-state index is 14.1. The van der Waals surface area contributed by atoms with Crippen LogP contribution >= 0.6 is 0 Å². The first kappa shape index (κ1) is 42.7. The number of aliphatic hydroxyl groups is 11. The Kier molecular flexibility index (Phi) is 11.9. The molecule has 3 heterocycles. The summed E-state index contributed by atoms with van der Waals surface area (Å²) in [5.74, 6) is -0.591. The van der Waals surface area contributed by atoms with Gasteiger partial charge in [-0.05, 0) is 86.5 Å². The van der Waals surface area contributed by atoms with E-state index in [1.807, 2.05) is 6.92 Å². The number of carbonyl (C=O) groups is 1. The van der Waals surface area contributed by atoms with E-state index in [1.165, 1.54) is 0 Å². The van der Waals surface area contributed by atoms with Gasteiger partial charge in [0, 0.05) is 0 Å². The summed E-state index contributed by atoms with van der Waals surface area (Å²) >= 11 is 0. The summed E-state index contributed by atoms with van der Waals surface area (Å²) < 4.78 is 35.6. The Balaban J connectivity index is 1.10. The third-order valence-electron chi connectivity index (χ3n) is 15.0. The van der Waals surface area contributed by atoms with Crippen molar-refractivity contribution in [2.45, 2.75) is 169 Å². The topological polar surface area (TPSA) is 295 Å². The molecular formula is C38H60O18. The third kappa shape index (κ3) is 6.69. The molecule has 0 aromatic heterocycles. The van der Waals surface area contributed by atoms with E-state index in [0.717, 1.165) is 18.4 Å². The highest BCUT2D eigenvalue weighted by Gasteiger charge is 2.69. The number of esters is 1. The van der Waals surface area contributed by atoms with Gasteiger partial charge in [-0.15, -0.1) is 0 Å². The largest absolute Gasteiger partial charge is 0.432 e. The lowest BCUT2D eigenvalue weighted by atomic mass is 9.41. The smallest absolute Gasteiger partial charge is 0.314 e. The molecule has 0 unspecified atom stereocenters. The Morgan fingerprint density at radius 2 is 1.21 bits per heavy atom. The second-order valence-corrected chi connectivity index (χ2v) is 18.0. The molecule has 4 aliphatic carbocycles. The number of ether oxygens (including phenoxy) is 6. The quantitative estimate of drug-likeness (QED) is 0.0631. The van der Waals surface area contributed by atoms with Crippen LogP contribution in [0.4, 0.5) is 0 Å². The molecule has 18 nitrogen and oxygen atoms in total. The van der Waals surface area contributed by atoms with E-state index < -0.39 is 129 Å². The number of carbonyl (C=O) groups excluding carboxylic acids is 1. The van der Waals surface area contributed by atoms with E-state index >= 15 is 0 Å². The molecule has 7 aliphatic rings. The van der Waals surface area contributed by atoms with Crippen LogP contribution in [0.2, 0.25) is 0 Å². The highest BCUT2D eigenvalue weighted by Crippen LogP contribution is 2.73. The predicted octanol–water partition coefficient (Wildman–Crippen LogP) is -2.94. The molecule has 56 heavy (non-hydrogen) atoms. The van der Waals surface area contributed by atoms with Gasteiger partial charge in [0.1, 0.15) is 73.2 Å². The van der Waals surface area contributed by atoms with Crippen molar-refractivity contribution in [3.05, 3.63) is 12.2 Å². The second kappa shape index (κ2) is 15.6. The minimum atomic E-state index is -1.81. The van der Waals surface area contributed by atoms with Gasteiger partial charge in [-0.3, -0.25) is 4.79 Å². The van der Waals surface area contributed by atoms with Crippen molar-refractivity contribution in [2.24, 2.45) is 28.1 Å². The average Bonchev–Trinajstić information content (AvgIpc) is 3.37. The highest BCUT2D eigenvalue weighted by molar-refractivity contribution is 5.77. The van der Waals surface area contributed by atoms with Gasteiger partial charge in [0.15, 0.2) is 12.6 Å². The molecular weight excluding hydrogens is 744 g/mol. The normalized spacial score (nSPS) is 54.6. The van der Waals surface area contributed by atoms with E-state index in [2.05, 4.69) is 13.5 Å². The molecule has 7 fully saturated rings. The third-order valence-corrected chi connectivity index (χ3v) is 15.0. The molecule has 320 valence electrons. The molecule has 0 aromatic carbocycles. The molecule has 0 aromatic rings. The van der Waals surface area contributed by atoms with E-state index in [9.17, 15) is 61.0 Å². The number of rotatable bonds is 9. The molecule has 11 N–H and O–H groups in total. The lowest BCUT2D eigenvalue weighted by Crippen LogP contribution is -2.65. The van der Waals surface area contributed by atoms with Crippen molar-refractivity contribution in [2.75, 3.05) is 19.8 Å². The molecule has 7 rings (SSSR count). The highest BCUT2D eigenvalue weighted by atomic mass is 16.8. The van der Waals surface area contributed by atoms with E-state index in [0.29, 0.717) is 44.9 Å². The summed E-state index contributed by atoms with van der Waals surface area (Å²) in [5.41, 5.74) is -1.80. The molecule has 18 heteroatoms. The number of aliphatic hydroxyl groups excluding tert-OH is 11. The molecule has 3 aliphatic heterocycles. The molecule has 2 bridgehead atoms. The fourth-order valence-electron chi connectivity index (χ4n) is 12.0. The van der Waals surface area contributed by atoms with Crippen molar-refractivity contribution >= 4 is 5.97 Å². The maximum atomic E-state index is 14.1. The SMILES string of the molecule is C=C1C[C@@]23CC[C@H]4[C@](C)(CCC[C@]4(C)C(=O)O[C@@H]4O[C@H](CO)[C@@H](O)[C@H](O)[C@H]4O)[C@H]2CC[C@]1(O[C@@H]1O[C@H](CO)[C@@H](O)[C@H](O)[C@H]1O[C@@H]1O[C@H](CO)[C@@H](O)[C@H](O)[C@H]1O)C3. The van der Waals surface area contributed by atoms with Gasteiger partial charge in [0.25, 0.3) is 0 Å². The van der Waals surface area contributed by atoms with Crippen molar-refractivity contribution in [3.63, 3.8) is 0 Å². The predicted molar refractivity (Wildman–Crippen MR) is 186 cm³/mol. The molecule has 1 spiro atoms. The Morgan fingerprint density at radius 3 is 1.82 bits per heavy atom. The van der Waals surface area contributed by atoms with Crippen LogP contribution in [-0.2, 0) is 33.2 Å². The van der Waals surface area contributed by atoms with Crippen molar-refractivity contribution in [1.82, 2.24) is 0 Å². The van der Waals surface area contributed by atoms with Gasteiger partial charge in [-0.2, -0.15) is 0 Å².